The number of benzene rings is 2. The van der Waals surface area contributed by atoms with E-state index in [-0.39, 0.29) is 23.6 Å². The van der Waals surface area contributed by atoms with Crippen LogP contribution in [0.5, 0.6) is 5.75 Å². The second kappa shape index (κ2) is 9.29. The molecule has 5 aromatic rings. The third kappa shape index (κ3) is 4.31. The van der Waals surface area contributed by atoms with Gasteiger partial charge in [-0.15, -0.1) is 0 Å². The number of pyridine rings is 1. The van der Waals surface area contributed by atoms with Crippen molar-refractivity contribution in [3.8, 4) is 16.9 Å². The number of para-hydroxylation sites is 1. The van der Waals surface area contributed by atoms with E-state index < -0.39 is 5.60 Å². The summed E-state index contributed by atoms with van der Waals surface area (Å²) in [5.74, 6) is 1.83. The molecule has 4 heterocycles. The van der Waals surface area contributed by atoms with E-state index in [1.165, 1.54) is 6.07 Å². The predicted molar refractivity (Wildman–Crippen MR) is 142 cm³/mol. The van der Waals surface area contributed by atoms with Crippen LogP contribution in [0.3, 0.4) is 0 Å². The first-order valence-electron chi connectivity index (χ1n) is 12.7. The van der Waals surface area contributed by atoms with Gasteiger partial charge < -0.3 is 14.4 Å². The van der Waals surface area contributed by atoms with E-state index in [0.717, 1.165) is 34.6 Å². The Morgan fingerprint density at radius 1 is 1.08 bits per heavy atom. The molecule has 192 valence electrons. The Morgan fingerprint density at radius 3 is 2.55 bits per heavy atom. The summed E-state index contributed by atoms with van der Waals surface area (Å²) in [4.78, 5) is 17.4. The summed E-state index contributed by atoms with van der Waals surface area (Å²) in [6.07, 6.45) is 7.48. The zero-order valence-electron chi connectivity index (χ0n) is 21.5. The predicted octanol–water partition coefficient (Wildman–Crippen LogP) is 5.93. The standard InChI is InChI=1S/C30H28FN5O2/c1-18-12-25(21-6-4-5-7-27(21)38-17-19-8-10-32-11-9-19)36-26-13-22(23(31)14-24(26)35-28(18)36)20-15-33-29(34-16-20)30(2,3)37/h4-11,13-16,18,25,37H,12,17H2,1-3H3. The van der Waals surface area contributed by atoms with E-state index in [0.29, 0.717) is 23.3 Å². The second-order valence-corrected chi connectivity index (χ2v) is 10.3. The van der Waals surface area contributed by atoms with Crippen LogP contribution < -0.4 is 4.74 Å². The number of aromatic nitrogens is 5. The van der Waals surface area contributed by atoms with Crippen LogP contribution in [0.1, 0.15) is 61.9 Å². The van der Waals surface area contributed by atoms with Crippen LogP contribution in [0.4, 0.5) is 4.39 Å². The number of hydrogen-bond acceptors (Lipinski definition) is 6. The lowest BCUT2D eigenvalue weighted by Gasteiger charge is -2.20. The average Bonchev–Trinajstić information content (AvgIpc) is 3.44. The van der Waals surface area contributed by atoms with Gasteiger partial charge in [0.15, 0.2) is 5.82 Å². The molecule has 0 saturated carbocycles. The molecule has 0 aliphatic carbocycles. The summed E-state index contributed by atoms with van der Waals surface area (Å²) < 4.78 is 23.7. The highest BCUT2D eigenvalue weighted by Crippen LogP contribution is 2.45. The normalized spacial score (nSPS) is 17.1. The fraction of sp³-hybridized carbons (Fsp3) is 0.267. The quantitative estimate of drug-likeness (QED) is 0.305. The van der Waals surface area contributed by atoms with Crippen LogP contribution >= 0.6 is 0 Å². The van der Waals surface area contributed by atoms with Gasteiger partial charge in [0.2, 0.25) is 0 Å². The summed E-state index contributed by atoms with van der Waals surface area (Å²) in [7, 11) is 0. The third-order valence-corrected chi connectivity index (χ3v) is 7.07. The van der Waals surface area contributed by atoms with E-state index in [2.05, 4.69) is 32.5 Å². The molecule has 0 amide bonds. The van der Waals surface area contributed by atoms with Crippen LogP contribution in [-0.2, 0) is 12.2 Å². The fourth-order valence-corrected chi connectivity index (χ4v) is 5.15. The van der Waals surface area contributed by atoms with E-state index in [1.54, 1.807) is 38.6 Å². The number of aliphatic hydroxyl groups is 1. The van der Waals surface area contributed by atoms with Crippen molar-refractivity contribution in [2.24, 2.45) is 0 Å². The van der Waals surface area contributed by atoms with Crippen molar-refractivity contribution in [1.29, 1.82) is 0 Å². The summed E-state index contributed by atoms with van der Waals surface area (Å²) in [5.41, 5.74) is 3.32. The molecular weight excluding hydrogens is 481 g/mol. The minimum atomic E-state index is -1.18. The van der Waals surface area contributed by atoms with E-state index >= 15 is 4.39 Å². The number of rotatable bonds is 6. The monoisotopic (exact) mass is 509 g/mol. The molecular formula is C30H28FN5O2. The van der Waals surface area contributed by atoms with Crippen molar-refractivity contribution in [2.75, 3.05) is 0 Å². The number of ether oxygens (including phenoxy) is 1. The lowest BCUT2D eigenvalue weighted by atomic mass is 9.98. The molecule has 38 heavy (non-hydrogen) atoms. The van der Waals surface area contributed by atoms with Crippen LogP contribution in [0.25, 0.3) is 22.2 Å². The molecule has 1 aliphatic rings. The molecule has 6 rings (SSSR count). The maximum atomic E-state index is 15.3. The Hall–Kier alpha value is -4.17. The molecule has 0 bridgehead atoms. The van der Waals surface area contributed by atoms with Gasteiger partial charge in [-0.2, -0.15) is 0 Å². The molecule has 1 aliphatic heterocycles. The first-order valence-corrected chi connectivity index (χ1v) is 12.7. The molecule has 0 radical (unpaired) electrons. The Morgan fingerprint density at radius 2 is 1.82 bits per heavy atom. The summed E-state index contributed by atoms with van der Waals surface area (Å²) in [5, 5.41) is 10.2. The number of fused-ring (bicyclic) bond motifs is 3. The van der Waals surface area contributed by atoms with Gasteiger partial charge >= 0.3 is 0 Å². The lowest BCUT2D eigenvalue weighted by molar-refractivity contribution is 0.0687. The minimum Gasteiger partial charge on any atom is -0.489 e. The van der Waals surface area contributed by atoms with Gasteiger partial charge in [0, 0.05) is 53.5 Å². The second-order valence-electron chi connectivity index (χ2n) is 10.3. The zero-order chi connectivity index (χ0) is 26.4. The van der Waals surface area contributed by atoms with E-state index in [9.17, 15) is 5.11 Å². The molecule has 0 fully saturated rings. The SMILES string of the molecule is CC1CC(c2ccccc2OCc2ccncc2)n2c1nc1cc(F)c(-c3cnc(C(C)(C)O)nc3)cc12. The van der Waals surface area contributed by atoms with Gasteiger partial charge in [0.05, 0.1) is 17.1 Å². The summed E-state index contributed by atoms with van der Waals surface area (Å²) in [6, 6.07) is 15.3. The zero-order valence-corrected chi connectivity index (χ0v) is 21.5. The first kappa shape index (κ1) is 24.2. The lowest BCUT2D eigenvalue weighted by Crippen LogP contribution is -2.19. The van der Waals surface area contributed by atoms with Crippen LogP contribution in [-0.4, -0.2) is 29.6 Å². The number of imidazole rings is 1. The Kier molecular flexibility index (Phi) is 5.91. The summed E-state index contributed by atoms with van der Waals surface area (Å²) in [6.45, 7) is 5.82. The molecule has 1 N–H and O–H groups in total. The van der Waals surface area contributed by atoms with Crippen molar-refractivity contribution in [2.45, 2.75) is 51.4 Å². The molecule has 7 nitrogen and oxygen atoms in total. The first-order chi connectivity index (χ1) is 18.3. The minimum absolute atomic E-state index is 0.00855. The van der Waals surface area contributed by atoms with Crippen molar-refractivity contribution in [3.63, 3.8) is 0 Å². The highest BCUT2D eigenvalue weighted by atomic mass is 19.1. The molecule has 2 atom stereocenters. The van der Waals surface area contributed by atoms with Crippen LogP contribution in [0.2, 0.25) is 0 Å². The van der Waals surface area contributed by atoms with Gasteiger partial charge in [-0.05, 0) is 50.1 Å². The molecule has 0 saturated heterocycles. The number of halogens is 1. The Labute approximate surface area is 220 Å². The maximum Gasteiger partial charge on any atom is 0.159 e. The molecule has 8 heteroatoms. The van der Waals surface area contributed by atoms with Crippen molar-refractivity contribution >= 4 is 11.0 Å². The van der Waals surface area contributed by atoms with Gasteiger partial charge in [-0.25, -0.2) is 19.3 Å². The van der Waals surface area contributed by atoms with Gasteiger partial charge in [0.1, 0.15) is 29.6 Å². The molecule has 3 aromatic heterocycles. The topological polar surface area (TPSA) is 86.0 Å². The van der Waals surface area contributed by atoms with Crippen molar-refractivity contribution in [1.82, 2.24) is 24.5 Å². The van der Waals surface area contributed by atoms with Crippen LogP contribution in [0, 0.1) is 5.82 Å². The molecule has 0 spiro atoms. The van der Waals surface area contributed by atoms with Crippen molar-refractivity contribution in [3.05, 3.63) is 102 Å². The Bertz CT molecular complexity index is 1610. The smallest absolute Gasteiger partial charge is 0.159 e. The van der Waals surface area contributed by atoms with E-state index in [4.69, 9.17) is 9.72 Å². The van der Waals surface area contributed by atoms with Gasteiger partial charge in [0.25, 0.3) is 0 Å². The van der Waals surface area contributed by atoms with Gasteiger partial charge in [-0.3, -0.25) is 4.98 Å². The highest BCUT2D eigenvalue weighted by molar-refractivity contribution is 5.83. The Balaban J connectivity index is 1.41. The maximum absolute atomic E-state index is 15.3. The highest BCUT2D eigenvalue weighted by Gasteiger charge is 2.34. The number of nitrogens with zero attached hydrogens (tertiary/aromatic N) is 5. The fourth-order valence-electron chi connectivity index (χ4n) is 5.15. The van der Waals surface area contributed by atoms with Crippen molar-refractivity contribution < 1.29 is 14.2 Å². The largest absolute Gasteiger partial charge is 0.489 e. The average molecular weight is 510 g/mol. The third-order valence-electron chi connectivity index (χ3n) is 7.07. The molecule has 2 aromatic carbocycles. The van der Waals surface area contributed by atoms with E-state index in [1.807, 2.05) is 36.4 Å². The summed E-state index contributed by atoms with van der Waals surface area (Å²) >= 11 is 0. The van der Waals surface area contributed by atoms with Crippen LogP contribution in [0.15, 0.2) is 73.3 Å². The number of hydrogen-bond donors (Lipinski definition) is 1. The van der Waals surface area contributed by atoms with Gasteiger partial charge in [-0.1, -0.05) is 25.1 Å². The molecule has 2 unspecified atom stereocenters.